The number of H-pyrrole nitrogens is 1. The van der Waals surface area contributed by atoms with Crippen LogP contribution in [0.2, 0.25) is 0 Å². The number of nitrogens with one attached hydrogen (secondary N) is 1. The van der Waals surface area contributed by atoms with E-state index >= 15 is 0 Å². The highest BCUT2D eigenvalue weighted by Crippen LogP contribution is 2.26. The summed E-state index contributed by atoms with van der Waals surface area (Å²) in [6, 6.07) is 6.25. The first-order chi connectivity index (χ1) is 10.2. The molecule has 1 atom stereocenters. The van der Waals surface area contributed by atoms with E-state index in [1.807, 2.05) is 17.9 Å². The smallest absolute Gasteiger partial charge is 0.222 e. The van der Waals surface area contributed by atoms with Gasteiger partial charge in [-0.25, -0.2) is 0 Å². The molecule has 2 aromatic heterocycles. The largest absolute Gasteiger partial charge is 0.342 e. The van der Waals surface area contributed by atoms with Crippen LogP contribution in [0.5, 0.6) is 0 Å². The topological polar surface area (TPSA) is 49.0 Å². The lowest BCUT2D eigenvalue weighted by Gasteiger charge is -2.32. The monoisotopic (exact) mass is 303 g/mol. The zero-order chi connectivity index (χ0) is 14.7. The number of carbonyl (C=O) groups is 1. The number of likely N-dealkylation sites (tertiary alicyclic amines) is 1. The summed E-state index contributed by atoms with van der Waals surface area (Å²) >= 11 is 1.73. The number of aromatic amines is 1. The van der Waals surface area contributed by atoms with E-state index < -0.39 is 0 Å². The van der Waals surface area contributed by atoms with Crippen LogP contribution in [0.4, 0.5) is 0 Å². The highest BCUT2D eigenvalue weighted by Gasteiger charge is 2.25. The van der Waals surface area contributed by atoms with Crippen molar-refractivity contribution in [2.75, 3.05) is 13.1 Å². The van der Waals surface area contributed by atoms with Crippen molar-refractivity contribution >= 4 is 17.2 Å². The number of thiophene rings is 1. The molecule has 4 nitrogen and oxygen atoms in total. The highest BCUT2D eigenvalue weighted by molar-refractivity contribution is 7.09. The predicted molar refractivity (Wildman–Crippen MR) is 84.5 cm³/mol. The molecule has 1 amide bonds. The molecule has 2 aromatic rings. The van der Waals surface area contributed by atoms with Gasteiger partial charge in [-0.05, 0) is 43.7 Å². The molecule has 1 saturated heterocycles. The molecule has 0 radical (unpaired) electrons. The van der Waals surface area contributed by atoms with E-state index in [1.54, 1.807) is 11.3 Å². The Bertz CT molecular complexity index is 590. The van der Waals surface area contributed by atoms with E-state index in [2.05, 4.69) is 27.7 Å². The first-order valence-corrected chi connectivity index (χ1v) is 8.42. The Morgan fingerprint density at radius 2 is 2.48 bits per heavy atom. The molecule has 0 spiro atoms. The summed E-state index contributed by atoms with van der Waals surface area (Å²) in [4.78, 5) is 15.7. The Morgan fingerprint density at radius 3 is 3.19 bits per heavy atom. The summed E-state index contributed by atoms with van der Waals surface area (Å²) in [7, 11) is 0. The van der Waals surface area contributed by atoms with Gasteiger partial charge in [-0.3, -0.25) is 9.89 Å². The van der Waals surface area contributed by atoms with Crippen LogP contribution in [0.3, 0.4) is 0 Å². The number of amides is 1. The molecular formula is C16H21N3OS. The molecule has 1 N–H and O–H groups in total. The maximum Gasteiger partial charge on any atom is 0.222 e. The van der Waals surface area contributed by atoms with Gasteiger partial charge in [0, 0.05) is 36.0 Å². The van der Waals surface area contributed by atoms with E-state index in [0.29, 0.717) is 12.3 Å². The zero-order valence-corrected chi connectivity index (χ0v) is 13.2. The number of hydrogen-bond donors (Lipinski definition) is 1. The van der Waals surface area contributed by atoms with Crippen molar-refractivity contribution in [3.63, 3.8) is 0 Å². The average molecular weight is 303 g/mol. The van der Waals surface area contributed by atoms with E-state index in [0.717, 1.165) is 43.7 Å². The Balaban J connectivity index is 1.56. The minimum atomic E-state index is 0.278. The van der Waals surface area contributed by atoms with E-state index in [-0.39, 0.29) is 5.91 Å². The van der Waals surface area contributed by atoms with Gasteiger partial charge in [-0.1, -0.05) is 6.07 Å². The quantitative estimate of drug-likeness (QED) is 0.943. The molecule has 0 saturated carbocycles. The van der Waals surface area contributed by atoms with Crippen molar-refractivity contribution in [2.45, 2.75) is 38.5 Å². The second-order valence-corrected chi connectivity index (χ2v) is 6.77. The van der Waals surface area contributed by atoms with Gasteiger partial charge < -0.3 is 4.90 Å². The van der Waals surface area contributed by atoms with Crippen LogP contribution in [-0.4, -0.2) is 34.1 Å². The molecule has 0 bridgehead atoms. The van der Waals surface area contributed by atoms with Crippen LogP contribution in [0, 0.1) is 6.92 Å². The molecular weight excluding hydrogens is 282 g/mol. The van der Waals surface area contributed by atoms with Crippen molar-refractivity contribution in [1.82, 2.24) is 15.1 Å². The van der Waals surface area contributed by atoms with Gasteiger partial charge in [0.15, 0.2) is 0 Å². The summed E-state index contributed by atoms with van der Waals surface area (Å²) in [5.41, 5.74) is 2.19. The van der Waals surface area contributed by atoms with Crippen molar-refractivity contribution in [3.05, 3.63) is 39.8 Å². The van der Waals surface area contributed by atoms with Gasteiger partial charge in [-0.15, -0.1) is 11.3 Å². The lowest BCUT2D eigenvalue weighted by Crippen LogP contribution is -2.39. The van der Waals surface area contributed by atoms with Gasteiger partial charge in [0.2, 0.25) is 5.91 Å². The maximum atomic E-state index is 12.4. The Hall–Kier alpha value is -1.62. The van der Waals surface area contributed by atoms with Gasteiger partial charge in [0.05, 0.1) is 5.69 Å². The third kappa shape index (κ3) is 3.53. The number of nitrogens with zero attached hydrogens (tertiary/aromatic N) is 2. The molecule has 1 fully saturated rings. The predicted octanol–water partition coefficient (Wildman–Crippen LogP) is 3.12. The SMILES string of the molecule is Cc1cc([C@H]2CCCN(C(=O)CCc3cccs3)C2)n[nH]1. The molecule has 0 unspecified atom stereocenters. The van der Waals surface area contributed by atoms with Crippen LogP contribution >= 0.6 is 11.3 Å². The molecule has 3 rings (SSSR count). The first kappa shape index (κ1) is 14.3. The van der Waals surface area contributed by atoms with E-state index in [9.17, 15) is 4.79 Å². The fraction of sp³-hybridized carbons (Fsp3) is 0.500. The molecule has 112 valence electrons. The summed E-state index contributed by atoms with van der Waals surface area (Å²) in [6.45, 7) is 3.72. The molecule has 5 heteroatoms. The van der Waals surface area contributed by atoms with Crippen LogP contribution < -0.4 is 0 Å². The highest BCUT2D eigenvalue weighted by atomic mass is 32.1. The fourth-order valence-electron chi connectivity index (χ4n) is 2.94. The van der Waals surface area contributed by atoms with Crippen LogP contribution in [-0.2, 0) is 11.2 Å². The van der Waals surface area contributed by atoms with Crippen LogP contribution in [0.25, 0.3) is 0 Å². The van der Waals surface area contributed by atoms with Crippen molar-refractivity contribution in [2.24, 2.45) is 0 Å². The Labute approximate surface area is 129 Å². The van der Waals surface area contributed by atoms with Crippen molar-refractivity contribution in [1.29, 1.82) is 0 Å². The standard InChI is InChI=1S/C16H21N3OS/c1-12-10-15(18-17-12)13-4-2-8-19(11-13)16(20)7-6-14-5-3-9-21-14/h3,5,9-10,13H,2,4,6-8,11H2,1H3,(H,17,18)/t13-/m0/s1. The Morgan fingerprint density at radius 1 is 1.57 bits per heavy atom. The third-order valence-corrected chi connectivity index (χ3v) is 5.02. The second-order valence-electron chi connectivity index (χ2n) is 5.73. The second kappa shape index (κ2) is 6.43. The number of aryl methyl sites for hydroxylation is 2. The number of carbonyl (C=O) groups excluding carboxylic acids is 1. The van der Waals surface area contributed by atoms with Gasteiger partial charge in [0.25, 0.3) is 0 Å². The maximum absolute atomic E-state index is 12.4. The number of rotatable bonds is 4. The lowest BCUT2D eigenvalue weighted by molar-refractivity contribution is -0.132. The summed E-state index contributed by atoms with van der Waals surface area (Å²) in [6.07, 6.45) is 3.67. The van der Waals surface area contributed by atoms with E-state index in [4.69, 9.17) is 0 Å². The summed E-state index contributed by atoms with van der Waals surface area (Å²) < 4.78 is 0. The summed E-state index contributed by atoms with van der Waals surface area (Å²) in [5.74, 6) is 0.662. The van der Waals surface area contributed by atoms with Gasteiger partial charge in [0.1, 0.15) is 0 Å². The normalized spacial score (nSPS) is 18.9. The number of piperidine rings is 1. The van der Waals surface area contributed by atoms with Gasteiger partial charge in [-0.2, -0.15) is 5.10 Å². The minimum Gasteiger partial charge on any atom is -0.342 e. The number of aromatic nitrogens is 2. The molecule has 1 aliphatic heterocycles. The molecule has 3 heterocycles. The fourth-order valence-corrected chi connectivity index (χ4v) is 3.65. The number of hydrogen-bond acceptors (Lipinski definition) is 3. The minimum absolute atomic E-state index is 0.278. The lowest BCUT2D eigenvalue weighted by atomic mass is 9.94. The zero-order valence-electron chi connectivity index (χ0n) is 12.3. The van der Waals surface area contributed by atoms with Gasteiger partial charge >= 0.3 is 0 Å². The summed E-state index contributed by atoms with van der Waals surface area (Å²) in [5, 5.41) is 9.43. The molecule has 0 aliphatic carbocycles. The van der Waals surface area contributed by atoms with Crippen LogP contribution in [0.1, 0.15) is 41.4 Å². The van der Waals surface area contributed by atoms with Crippen LogP contribution in [0.15, 0.2) is 23.6 Å². The third-order valence-electron chi connectivity index (χ3n) is 4.08. The molecule has 1 aliphatic rings. The van der Waals surface area contributed by atoms with Crippen molar-refractivity contribution < 1.29 is 4.79 Å². The van der Waals surface area contributed by atoms with E-state index in [1.165, 1.54) is 4.88 Å². The average Bonchev–Trinajstić information content (AvgIpc) is 3.16. The Kier molecular flexibility index (Phi) is 4.39. The first-order valence-electron chi connectivity index (χ1n) is 7.54. The molecule has 21 heavy (non-hydrogen) atoms. The molecule has 0 aromatic carbocycles. The van der Waals surface area contributed by atoms with Crippen molar-refractivity contribution in [3.8, 4) is 0 Å².